The summed E-state index contributed by atoms with van der Waals surface area (Å²) >= 11 is 0. The van der Waals surface area contributed by atoms with Crippen molar-refractivity contribution in [2.75, 3.05) is 30.4 Å². The molecule has 34 heavy (non-hydrogen) atoms. The van der Waals surface area contributed by atoms with Crippen LogP contribution in [0.2, 0.25) is 0 Å². The van der Waals surface area contributed by atoms with Gasteiger partial charge in [-0.25, -0.2) is 8.42 Å². The lowest BCUT2D eigenvalue weighted by atomic mass is 10.1. The predicted octanol–water partition coefficient (Wildman–Crippen LogP) is 3.50. The molecule has 1 heterocycles. The van der Waals surface area contributed by atoms with Gasteiger partial charge in [-0.05, 0) is 63.1 Å². The highest BCUT2D eigenvalue weighted by atomic mass is 32.2. The molecular formula is C24H30N4O5S. The van der Waals surface area contributed by atoms with E-state index in [1.807, 2.05) is 19.9 Å². The number of amides is 1. The molecule has 1 amide bonds. The Morgan fingerprint density at radius 1 is 1.03 bits per heavy atom. The minimum Gasteiger partial charge on any atom is -0.497 e. The second-order valence-corrected chi connectivity index (χ2v) is 9.89. The van der Waals surface area contributed by atoms with Gasteiger partial charge in [0.25, 0.3) is 10.0 Å². The molecule has 0 radical (unpaired) electrons. The number of methoxy groups -OCH3 is 2. The number of ether oxygens (including phenoxy) is 2. The molecule has 0 saturated carbocycles. The summed E-state index contributed by atoms with van der Waals surface area (Å²) in [5.41, 5.74) is 3.42. The summed E-state index contributed by atoms with van der Waals surface area (Å²) in [6.45, 7) is 6.65. The Balaban J connectivity index is 2.04. The summed E-state index contributed by atoms with van der Waals surface area (Å²) < 4.78 is 40.9. The van der Waals surface area contributed by atoms with Gasteiger partial charge in [0, 0.05) is 13.1 Å². The summed E-state index contributed by atoms with van der Waals surface area (Å²) in [7, 11) is 0.588. The van der Waals surface area contributed by atoms with Crippen LogP contribution in [0.4, 0.5) is 11.4 Å². The Hall–Kier alpha value is -3.53. The largest absolute Gasteiger partial charge is 0.497 e. The monoisotopic (exact) mass is 486 g/mol. The maximum atomic E-state index is 13.9. The van der Waals surface area contributed by atoms with Crippen LogP contribution in [0.25, 0.3) is 0 Å². The molecule has 0 aliphatic rings. The van der Waals surface area contributed by atoms with E-state index >= 15 is 0 Å². The van der Waals surface area contributed by atoms with Gasteiger partial charge < -0.3 is 14.8 Å². The average Bonchev–Trinajstić information content (AvgIpc) is 3.03. The number of carbonyl (C=O) groups excluding carboxylic acids is 1. The number of anilines is 2. The van der Waals surface area contributed by atoms with Gasteiger partial charge in [0.15, 0.2) is 0 Å². The molecular weight excluding hydrogens is 456 g/mol. The number of carbonyl (C=O) groups is 1. The quantitative estimate of drug-likeness (QED) is 0.523. The Morgan fingerprint density at radius 3 is 2.21 bits per heavy atom. The van der Waals surface area contributed by atoms with Crippen molar-refractivity contribution in [1.82, 2.24) is 9.78 Å². The lowest BCUT2D eigenvalue weighted by Gasteiger charge is -2.25. The standard InChI is InChI=1S/C24H30N4O5S/c1-15-10-16(2)12-19(11-15)28(34(30,31)24-17(3)26-27(5)18(24)4)14-23(29)25-21-9-8-20(32-6)13-22(21)33-7/h8-13H,14H2,1-7H3,(H,25,29). The number of nitrogens with one attached hydrogen (secondary N) is 1. The third-order valence-electron chi connectivity index (χ3n) is 5.46. The SMILES string of the molecule is COc1ccc(NC(=O)CN(c2cc(C)cc(C)c2)S(=O)(=O)c2c(C)nn(C)c2C)c(OC)c1. The van der Waals surface area contributed by atoms with Gasteiger partial charge in [-0.2, -0.15) is 5.10 Å². The highest BCUT2D eigenvalue weighted by molar-refractivity contribution is 7.93. The molecule has 9 nitrogen and oxygen atoms in total. The van der Waals surface area contributed by atoms with Gasteiger partial charge in [-0.1, -0.05) is 6.07 Å². The number of aromatic nitrogens is 2. The van der Waals surface area contributed by atoms with E-state index in [1.54, 1.807) is 51.2 Å². The van der Waals surface area contributed by atoms with E-state index in [2.05, 4.69) is 10.4 Å². The summed E-state index contributed by atoms with van der Waals surface area (Å²) in [5, 5.41) is 7.01. The van der Waals surface area contributed by atoms with E-state index in [-0.39, 0.29) is 4.90 Å². The number of aryl methyl sites for hydroxylation is 4. The maximum absolute atomic E-state index is 13.9. The smallest absolute Gasteiger partial charge is 0.268 e. The molecule has 0 fully saturated rings. The third kappa shape index (κ3) is 5.01. The maximum Gasteiger partial charge on any atom is 0.268 e. The first-order valence-electron chi connectivity index (χ1n) is 10.6. The Kier molecular flexibility index (Phi) is 7.21. The number of nitrogens with zero attached hydrogens (tertiary/aromatic N) is 3. The first-order valence-corrected chi connectivity index (χ1v) is 12.0. The zero-order valence-corrected chi connectivity index (χ0v) is 21.3. The van der Waals surface area contributed by atoms with Gasteiger partial charge in [0.2, 0.25) is 5.91 Å². The molecule has 3 rings (SSSR count). The van der Waals surface area contributed by atoms with E-state index in [0.717, 1.165) is 15.4 Å². The van der Waals surface area contributed by atoms with Crippen molar-refractivity contribution in [1.29, 1.82) is 0 Å². The molecule has 0 bridgehead atoms. The molecule has 182 valence electrons. The molecule has 0 atom stereocenters. The van der Waals surface area contributed by atoms with E-state index in [0.29, 0.717) is 34.3 Å². The van der Waals surface area contributed by atoms with Crippen molar-refractivity contribution in [3.05, 3.63) is 58.9 Å². The second-order valence-electron chi connectivity index (χ2n) is 8.10. The summed E-state index contributed by atoms with van der Waals surface area (Å²) in [5.74, 6) is 0.440. The zero-order valence-electron chi connectivity index (χ0n) is 20.5. The van der Waals surface area contributed by atoms with Crippen LogP contribution >= 0.6 is 0 Å². The molecule has 0 spiro atoms. The average molecular weight is 487 g/mol. The van der Waals surface area contributed by atoms with Crippen molar-refractivity contribution < 1.29 is 22.7 Å². The fraction of sp³-hybridized carbons (Fsp3) is 0.333. The molecule has 1 N–H and O–H groups in total. The molecule has 1 aromatic heterocycles. The Bertz CT molecular complexity index is 1310. The van der Waals surface area contributed by atoms with E-state index in [9.17, 15) is 13.2 Å². The summed E-state index contributed by atoms with van der Waals surface area (Å²) in [6.07, 6.45) is 0. The van der Waals surface area contributed by atoms with Crippen molar-refractivity contribution >= 4 is 27.3 Å². The van der Waals surface area contributed by atoms with Crippen LogP contribution in [0.3, 0.4) is 0 Å². The van der Waals surface area contributed by atoms with Crippen molar-refractivity contribution in [2.24, 2.45) is 7.05 Å². The van der Waals surface area contributed by atoms with Gasteiger partial charge in [-0.15, -0.1) is 0 Å². The van der Waals surface area contributed by atoms with Crippen molar-refractivity contribution in [3.63, 3.8) is 0 Å². The third-order valence-corrected chi connectivity index (χ3v) is 7.48. The van der Waals surface area contributed by atoms with Crippen LogP contribution in [0.15, 0.2) is 41.3 Å². The second kappa shape index (κ2) is 9.76. The first-order chi connectivity index (χ1) is 16.0. The number of sulfonamides is 1. The lowest BCUT2D eigenvalue weighted by molar-refractivity contribution is -0.114. The molecule has 2 aromatic carbocycles. The molecule has 3 aromatic rings. The topological polar surface area (TPSA) is 103 Å². The van der Waals surface area contributed by atoms with Gasteiger partial charge in [0.05, 0.1) is 37.0 Å². The van der Waals surface area contributed by atoms with Gasteiger partial charge in [0.1, 0.15) is 22.9 Å². The number of rotatable bonds is 8. The molecule has 0 saturated heterocycles. The normalized spacial score (nSPS) is 11.3. The summed E-state index contributed by atoms with van der Waals surface area (Å²) in [4.78, 5) is 13.2. The van der Waals surface area contributed by atoms with E-state index in [1.165, 1.54) is 18.9 Å². The zero-order chi connectivity index (χ0) is 25.2. The first kappa shape index (κ1) is 25.1. The van der Waals surface area contributed by atoms with Crippen LogP contribution < -0.4 is 19.1 Å². The van der Waals surface area contributed by atoms with Crippen LogP contribution in [-0.2, 0) is 21.9 Å². The van der Waals surface area contributed by atoms with Crippen molar-refractivity contribution in [2.45, 2.75) is 32.6 Å². The van der Waals surface area contributed by atoms with Gasteiger partial charge in [-0.3, -0.25) is 13.8 Å². The minimum absolute atomic E-state index is 0.0870. The Labute approximate surface area is 200 Å². The van der Waals surface area contributed by atoms with Crippen LogP contribution in [0, 0.1) is 27.7 Å². The van der Waals surface area contributed by atoms with Gasteiger partial charge >= 0.3 is 0 Å². The predicted molar refractivity (Wildman–Crippen MR) is 131 cm³/mol. The fourth-order valence-corrected chi connectivity index (χ4v) is 5.68. The Morgan fingerprint density at radius 2 is 1.68 bits per heavy atom. The summed E-state index contributed by atoms with van der Waals surface area (Å²) in [6, 6.07) is 10.4. The van der Waals surface area contributed by atoms with Crippen molar-refractivity contribution in [3.8, 4) is 11.5 Å². The molecule has 0 aliphatic carbocycles. The highest BCUT2D eigenvalue weighted by Gasteiger charge is 2.32. The lowest BCUT2D eigenvalue weighted by Crippen LogP contribution is -2.38. The van der Waals surface area contributed by atoms with E-state index in [4.69, 9.17) is 9.47 Å². The molecule has 10 heteroatoms. The van der Waals surface area contributed by atoms with Crippen LogP contribution in [-0.4, -0.2) is 44.9 Å². The number of hydrogen-bond acceptors (Lipinski definition) is 6. The fourth-order valence-electron chi connectivity index (χ4n) is 3.87. The van der Waals surface area contributed by atoms with E-state index < -0.39 is 22.5 Å². The van der Waals surface area contributed by atoms with Crippen LogP contribution in [0.1, 0.15) is 22.5 Å². The number of benzene rings is 2. The van der Waals surface area contributed by atoms with Crippen LogP contribution in [0.5, 0.6) is 11.5 Å². The minimum atomic E-state index is -4.10. The number of hydrogen-bond donors (Lipinski definition) is 1. The highest BCUT2D eigenvalue weighted by Crippen LogP contribution is 2.31. The molecule has 0 unspecified atom stereocenters. The molecule has 0 aliphatic heterocycles.